The molecule has 0 aromatic rings. The summed E-state index contributed by atoms with van der Waals surface area (Å²) in [5, 5.41) is 1.78. The van der Waals surface area contributed by atoms with Gasteiger partial charge < -0.3 is 0 Å². The molecule has 0 spiro atoms. The van der Waals surface area contributed by atoms with E-state index < -0.39 is 0 Å². The summed E-state index contributed by atoms with van der Waals surface area (Å²) in [5.41, 5.74) is 0. The van der Waals surface area contributed by atoms with Crippen LogP contribution in [-0.2, 0) is 4.79 Å². The van der Waals surface area contributed by atoms with Crippen LogP contribution in [0.25, 0.3) is 0 Å². The molecule has 2 heteroatoms. The van der Waals surface area contributed by atoms with Crippen LogP contribution in [0.5, 0.6) is 0 Å². The maximum Gasteiger partial charge on any atom is 0.201 e. The van der Waals surface area contributed by atoms with Gasteiger partial charge >= 0.3 is 0 Å². The molecule has 0 aliphatic heterocycles. The van der Waals surface area contributed by atoms with Crippen LogP contribution in [0.3, 0.4) is 0 Å². The van der Waals surface area contributed by atoms with Crippen LogP contribution in [0.4, 0.5) is 0 Å². The monoisotopic (exact) mass is 141 g/mol. The van der Waals surface area contributed by atoms with Crippen LogP contribution in [0.1, 0.15) is 19.3 Å². The summed E-state index contributed by atoms with van der Waals surface area (Å²) >= 11 is 4.76. The first-order valence-electron chi connectivity index (χ1n) is 3.19. The Morgan fingerprint density at radius 2 is 2.33 bits per heavy atom. The van der Waals surface area contributed by atoms with Crippen molar-refractivity contribution in [3.8, 4) is 0 Å². The lowest BCUT2D eigenvalue weighted by molar-refractivity contribution is 0.521. The minimum atomic E-state index is 0.175. The van der Waals surface area contributed by atoms with E-state index in [1.807, 2.05) is 6.29 Å². The molecule has 9 heavy (non-hydrogen) atoms. The van der Waals surface area contributed by atoms with Gasteiger partial charge in [0, 0.05) is 5.92 Å². The van der Waals surface area contributed by atoms with Gasteiger partial charge in [-0.05, 0) is 30.5 Å². The fraction of sp³-hybridized carbons (Fsp3) is 0.714. The molecule has 0 heterocycles. The first-order valence-corrected chi connectivity index (χ1v) is 3.67. The van der Waals surface area contributed by atoms with Crippen LogP contribution in [0, 0.1) is 11.8 Å². The van der Waals surface area contributed by atoms with Gasteiger partial charge in [-0.3, -0.25) is 4.79 Å². The number of rotatable bonds is 2. The molecule has 1 fully saturated rings. The second-order valence-corrected chi connectivity index (χ2v) is 2.80. The Morgan fingerprint density at radius 3 is 2.67 bits per heavy atom. The van der Waals surface area contributed by atoms with Crippen molar-refractivity contribution in [1.29, 1.82) is 0 Å². The Balaban J connectivity index is 2.36. The Bertz CT molecular complexity index is 108. The number of carbonyl (C=O) groups excluding carboxylic acids is 1. The van der Waals surface area contributed by atoms with E-state index in [2.05, 4.69) is 0 Å². The van der Waals surface area contributed by atoms with Gasteiger partial charge in [-0.25, -0.2) is 0 Å². The van der Waals surface area contributed by atoms with Gasteiger partial charge in [0.15, 0.2) is 0 Å². The average Bonchev–Trinajstić information content (AvgIpc) is 2.34. The SMILES string of the molecule is O=[C]C1CCC(C=S)C1. The van der Waals surface area contributed by atoms with Gasteiger partial charge in [0.2, 0.25) is 6.29 Å². The largest absolute Gasteiger partial charge is 0.291 e. The highest BCUT2D eigenvalue weighted by molar-refractivity contribution is 7.79. The molecule has 2 unspecified atom stereocenters. The van der Waals surface area contributed by atoms with Crippen molar-refractivity contribution in [2.24, 2.45) is 11.8 Å². The van der Waals surface area contributed by atoms with Gasteiger partial charge in [0.05, 0.1) is 0 Å². The summed E-state index contributed by atoms with van der Waals surface area (Å²) in [7, 11) is 0. The maximum absolute atomic E-state index is 10.1. The Hall–Kier alpha value is -0.240. The van der Waals surface area contributed by atoms with Crippen LogP contribution >= 0.6 is 12.2 Å². The molecule has 1 aliphatic rings. The number of thiocarbonyl (C=S) groups is 1. The smallest absolute Gasteiger partial charge is 0.201 e. The molecule has 0 aromatic heterocycles. The van der Waals surface area contributed by atoms with Crippen LogP contribution in [-0.4, -0.2) is 11.7 Å². The minimum absolute atomic E-state index is 0.175. The van der Waals surface area contributed by atoms with Crippen molar-refractivity contribution >= 4 is 23.9 Å². The van der Waals surface area contributed by atoms with Crippen LogP contribution in [0.2, 0.25) is 0 Å². The molecule has 2 atom stereocenters. The highest BCUT2D eigenvalue weighted by Gasteiger charge is 2.22. The zero-order chi connectivity index (χ0) is 6.69. The first kappa shape index (κ1) is 6.87. The highest BCUT2D eigenvalue weighted by atomic mass is 32.1. The second kappa shape index (κ2) is 3.06. The van der Waals surface area contributed by atoms with Gasteiger partial charge in [0.1, 0.15) is 0 Å². The van der Waals surface area contributed by atoms with E-state index >= 15 is 0 Å². The topological polar surface area (TPSA) is 17.1 Å². The molecule has 0 bridgehead atoms. The van der Waals surface area contributed by atoms with Crippen molar-refractivity contribution < 1.29 is 4.79 Å². The normalized spacial score (nSPS) is 34.2. The van der Waals surface area contributed by atoms with Crippen molar-refractivity contribution in [3.05, 3.63) is 0 Å². The zero-order valence-electron chi connectivity index (χ0n) is 5.17. The molecule has 1 aliphatic carbocycles. The van der Waals surface area contributed by atoms with E-state index in [-0.39, 0.29) is 5.92 Å². The molecular weight excluding hydrogens is 132 g/mol. The fourth-order valence-electron chi connectivity index (χ4n) is 1.25. The van der Waals surface area contributed by atoms with Crippen molar-refractivity contribution in [2.75, 3.05) is 0 Å². The molecule has 0 N–H and O–H groups in total. The Labute approximate surface area is 60.4 Å². The second-order valence-electron chi connectivity index (χ2n) is 2.52. The Kier molecular flexibility index (Phi) is 2.34. The lowest BCUT2D eigenvalue weighted by atomic mass is 10.1. The summed E-state index contributed by atoms with van der Waals surface area (Å²) in [6.45, 7) is 0. The molecule has 1 radical (unpaired) electrons. The first-order chi connectivity index (χ1) is 4.36. The van der Waals surface area contributed by atoms with Crippen LogP contribution in [0.15, 0.2) is 0 Å². The van der Waals surface area contributed by atoms with E-state index in [1.165, 1.54) is 0 Å². The molecule has 0 saturated heterocycles. The average molecular weight is 141 g/mol. The highest BCUT2D eigenvalue weighted by Crippen LogP contribution is 2.27. The Morgan fingerprint density at radius 1 is 1.56 bits per heavy atom. The van der Waals surface area contributed by atoms with E-state index in [4.69, 9.17) is 12.2 Å². The summed E-state index contributed by atoms with van der Waals surface area (Å²) < 4.78 is 0. The van der Waals surface area contributed by atoms with Gasteiger partial charge in [-0.2, -0.15) is 0 Å². The molecule has 1 saturated carbocycles. The van der Waals surface area contributed by atoms with E-state index in [1.54, 1.807) is 5.37 Å². The third-order valence-electron chi connectivity index (χ3n) is 1.83. The summed E-state index contributed by atoms with van der Waals surface area (Å²) in [5.74, 6) is 0.681. The van der Waals surface area contributed by atoms with Crippen molar-refractivity contribution in [1.82, 2.24) is 0 Å². The third kappa shape index (κ3) is 1.58. The predicted octanol–water partition coefficient (Wildman–Crippen LogP) is 1.51. The zero-order valence-corrected chi connectivity index (χ0v) is 5.99. The molecule has 1 nitrogen and oxygen atoms in total. The lowest BCUT2D eigenvalue weighted by Gasteiger charge is -1.95. The molecule has 0 amide bonds. The standard InChI is InChI=1S/C7H9OS/c8-4-6-1-2-7(3-6)5-9/h5-7H,1-3H2. The lowest BCUT2D eigenvalue weighted by Crippen LogP contribution is -1.96. The minimum Gasteiger partial charge on any atom is -0.291 e. The van der Waals surface area contributed by atoms with E-state index in [9.17, 15) is 4.79 Å². The summed E-state index contributed by atoms with van der Waals surface area (Å²) in [6, 6.07) is 0. The van der Waals surface area contributed by atoms with E-state index in [0.29, 0.717) is 5.92 Å². The molecule has 1 rings (SSSR count). The fourth-order valence-corrected chi connectivity index (χ4v) is 1.49. The third-order valence-corrected chi connectivity index (χ3v) is 2.22. The quantitative estimate of drug-likeness (QED) is 0.542. The van der Waals surface area contributed by atoms with Gasteiger partial charge in [-0.15, -0.1) is 0 Å². The summed E-state index contributed by atoms with van der Waals surface area (Å²) in [4.78, 5) is 10.1. The summed E-state index contributed by atoms with van der Waals surface area (Å²) in [6.07, 6.45) is 5.02. The van der Waals surface area contributed by atoms with E-state index in [0.717, 1.165) is 19.3 Å². The molecule has 0 aromatic carbocycles. The molecule has 49 valence electrons. The van der Waals surface area contributed by atoms with Gasteiger partial charge in [0.25, 0.3) is 0 Å². The number of hydrogen-bond donors (Lipinski definition) is 0. The van der Waals surface area contributed by atoms with Crippen molar-refractivity contribution in [2.45, 2.75) is 19.3 Å². The van der Waals surface area contributed by atoms with Gasteiger partial charge in [-0.1, -0.05) is 12.2 Å². The maximum atomic E-state index is 10.1. The molecular formula is C7H9OS. The predicted molar refractivity (Wildman–Crippen MR) is 40.2 cm³/mol. The van der Waals surface area contributed by atoms with Crippen molar-refractivity contribution in [3.63, 3.8) is 0 Å². The van der Waals surface area contributed by atoms with Crippen LogP contribution < -0.4 is 0 Å². The number of hydrogen-bond acceptors (Lipinski definition) is 2.